The number of aryl methyl sites for hydroxylation is 1. The lowest BCUT2D eigenvalue weighted by atomic mass is 10.2. The number of nitrogens with zero attached hydrogens (tertiary/aromatic N) is 3. The van der Waals surface area contributed by atoms with Crippen LogP contribution in [0.15, 0.2) is 12.4 Å². The van der Waals surface area contributed by atoms with Crippen LogP contribution in [-0.2, 0) is 13.1 Å². The maximum absolute atomic E-state index is 5.50. The van der Waals surface area contributed by atoms with Crippen LogP contribution in [0, 0.1) is 0 Å². The topological polar surface area (TPSA) is 47.1 Å². The zero-order valence-electron chi connectivity index (χ0n) is 10.5. The van der Waals surface area contributed by atoms with Gasteiger partial charge in [-0.15, -0.1) is 0 Å². The summed E-state index contributed by atoms with van der Waals surface area (Å²) in [6.45, 7) is 9.26. The summed E-state index contributed by atoms with van der Waals surface area (Å²) in [5, 5.41) is 4.29. The third-order valence-corrected chi connectivity index (χ3v) is 2.79. The minimum Gasteiger partial charge on any atom is -0.330 e. The van der Waals surface area contributed by atoms with Crippen LogP contribution in [-0.4, -0.2) is 34.3 Å². The van der Waals surface area contributed by atoms with Crippen LogP contribution in [0.5, 0.6) is 0 Å². The summed E-state index contributed by atoms with van der Waals surface area (Å²) in [6, 6.07) is 0. The van der Waals surface area contributed by atoms with Crippen molar-refractivity contribution in [3.05, 3.63) is 18.0 Å². The summed E-state index contributed by atoms with van der Waals surface area (Å²) in [6.07, 6.45) is 6.40. The van der Waals surface area contributed by atoms with Gasteiger partial charge in [-0.25, -0.2) is 0 Å². The Balaban J connectivity index is 2.36. The molecule has 1 aromatic rings. The summed E-state index contributed by atoms with van der Waals surface area (Å²) in [4.78, 5) is 2.44. The molecule has 0 atom stereocenters. The van der Waals surface area contributed by atoms with E-state index < -0.39 is 0 Å². The van der Waals surface area contributed by atoms with Gasteiger partial charge in [0.2, 0.25) is 0 Å². The van der Waals surface area contributed by atoms with Gasteiger partial charge in [0.25, 0.3) is 0 Å². The highest BCUT2D eigenvalue weighted by Crippen LogP contribution is 2.05. The third-order valence-electron chi connectivity index (χ3n) is 2.79. The van der Waals surface area contributed by atoms with Crippen LogP contribution in [0.4, 0.5) is 0 Å². The van der Waals surface area contributed by atoms with Crippen molar-refractivity contribution >= 4 is 0 Å². The Kier molecular flexibility index (Phi) is 6.11. The maximum Gasteiger partial charge on any atom is 0.0534 e. The molecule has 0 aromatic carbocycles. The van der Waals surface area contributed by atoms with Gasteiger partial charge in [-0.3, -0.25) is 9.58 Å². The highest BCUT2D eigenvalue weighted by molar-refractivity contribution is 5.03. The molecule has 0 aliphatic carbocycles. The number of hydrogen-bond donors (Lipinski definition) is 1. The van der Waals surface area contributed by atoms with Crippen molar-refractivity contribution in [3.8, 4) is 0 Å². The molecule has 0 saturated heterocycles. The SMILES string of the molecule is CCN(CCCCN)Cc1cnn(CC)c1. The molecule has 0 unspecified atom stereocenters. The van der Waals surface area contributed by atoms with Gasteiger partial charge < -0.3 is 5.73 Å². The fourth-order valence-corrected chi connectivity index (χ4v) is 1.75. The molecule has 0 bridgehead atoms. The smallest absolute Gasteiger partial charge is 0.0534 e. The van der Waals surface area contributed by atoms with Gasteiger partial charge in [0.15, 0.2) is 0 Å². The molecule has 4 nitrogen and oxygen atoms in total. The molecule has 1 aromatic heterocycles. The van der Waals surface area contributed by atoms with Crippen molar-refractivity contribution in [2.24, 2.45) is 5.73 Å². The number of nitrogens with two attached hydrogens (primary N) is 1. The molecule has 0 aliphatic rings. The van der Waals surface area contributed by atoms with Crippen LogP contribution in [0.2, 0.25) is 0 Å². The van der Waals surface area contributed by atoms with E-state index in [0.29, 0.717) is 0 Å². The Bertz CT molecular complexity index is 282. The summed E-state index contributed by atoms with van der Waals surface area (Å²) in [7, 11) is 0. The predicted molar refractivity (Wildman–Crippen MR) is 67.1 cm³/mol. The standard InChI is InChI=1S/C12H24N4/c1-3-15(8-6-5-7-13)10-12-9-14-16(4-2)11-12/h9,11H,3-8,10,13H2,1-2H3. The van der Waals surface area contributed by atoms with Crippen molar-refractivity contribution in [1.82, 2.24) is 14.7 Å². The second-order valence-electron chi connectivity index (χ2n) is 4.07. The lowest BCUT2D eigenvalue weighted by molar-refractivity contribution is 0.274. The Morgan fingerprint density at radius 2 is 2.19 bits per heavy atom. The predicted octanol–water partition coefficient (Wildman–Crippen LogP) is 1.46. The van der Waals surface area contributed by atoms with Crippen LogP contribution in [0.1, 0.15) is 32.3 Å². The van der Waals surface area contributed by atoms with Crippen LogP contribution in [0.3, 0.4) is 0 Å². The fraction of sp³-hybridized carbons (Fsp3) is 0.750. The Hall–Kier alpha value is -0.870. The van der Waals surface area contributed by atoms with Crippen LogP contribution < -0.4 is 5.73 Å². The number of aromatic nitrogens is 2. The molecule has 4 heteroatoms. The average Bonchev–Trinajstić information content (AvgIpc) is 2.75. The molecular weight excluding hydrogens is 200 g/mol. The molecule has 0 fully saturated rings. The summed E-state index contributed by atoms with van der Waals surface area (Å²) >= 11 is 0. The molecule has 0 amide bonds. The molecule has 0 spiro atoms. The minimum atomic E-state index is 0.797. The molecule has 1 rings (SSSR count). The summed E-state index contributed by atoms with van der Waals surface area (Å²) in [5.41, 5.74) is 6.80. The molecular formula is C12H24N4. The average molecular weight is 224 g/mol. The van der Waals surface area contributed by atoms with Gasteiger partial charge in [-0.1, -0.05) is 6.92 Å². The summed E-state index contributed by atoms with van der Waals surface area (Å²) < 4.78 is 1.98. The Labute approximate surface area is 98.4 Å². The lowest BCUT2D eigenvalue weighted by Crippen LogP contribution is -2.24. The molecule has 92 valence electrons. The van der Waals surface area contributed by atoms with Gasteiger partial charge in [-0.2, -0.15) is 5.10 Å². The molecule has 0 aliphatic heterocycles. The highest BCUT2D eigenvalue weighted by atomic mass is 15.3. The van der Waals surface area contributed by atoms with E-state index in [9.17, 15) is 0 Å². The van der Waals surface area contributed by atoms with E-state index in [4.69, 9.17) is 5.73 Å². The van der Waals surface area contributed by atoms with Gasteiger partial charge in [0.05, 0.1) is 6.20 Å². The molecule has 2 N–H and O–H groups in total. The molecule has 16 heavy (non-hydrogen) atoms. The maximum atomic E-state index is 5.50. The van der Waals surface area contributed by atoms with Crippen molar-refractivity contribution in [3.63, 3.8) is 0 Å². The first-order chi connectivity index (χ1) is 7.80. The van der Waals surface area contributed by atoms with Gasteiger partial charge in [0.1, 0.15) is 0 Å². The van der Waals surface area contributed by atoms with Gasteiger partial charge in [-0.05, 0) is 39.4 Å². The minimum absolute atomic E-state index is 0.797. The summed E-state index contributed by atoms with van der Waals surface area (Å²) in [5.74, 6) is 0. The van der Waals surface area contributed by atoms with Gasteiger partial charge >= 0.3 is 0 Å². The second kappa shape index (κ2) is 7.41. The Morgan fingerprint density at radius 3 is 2.75 bits per heavy atom. The van der Waals surface area contributed by atoms with E-state index in [2.05, 4.69) is 30.0 Å². The van der Waals surface area contributed by atoms with Crippen molar-refractivity contribution in [2.45, 2.75) is 39.8 Å². The van der Waals surface area contributed by atoms with E-state index >= 15 is 0 Å². The Morgan fingerprint density at radius 1 is 1.38 bits per heavy atom. The monoisotopic (exact) mass is 224 g/mol. The number of hydrogen-bond acceptors (Lipinski definition) is 3. The van der Waals surface area contributed by atoms with Crippen LogP contribution >= 0.6 is 0 Å². The number of rotatable bonds is 8. The van der Waals surface area contributed by atoms with Crippen molar-refractivity contribution < 1.29 is 0 Å². The zero-order chi connectivity index (χ0) is 11.8. The van der Waals surface area contributed by atoms with Crippen molar-refractivity contribution in [1.29, 1.82) is 0 Å². The highest BCUT2D eigenvalue weighted by Gasteiger charge is 2.04. The quantitative estimate of drug-likeness (QED) is 0.680. The van der Waals surface area contributed by atoms with Crippen LogP contribution in [0.25, 0.3) is 0 Å². The molecule has 0 radical (unpaired) electrons. The van der Waals surface area contributed by atoms with Gasteiger partial charge in [0, 0.05) is 24.8 Å². The first kappa shape index (κ1) is 13.2. The first-order valence-electron chi connectivity index (χ1n) is 6.23. The number of unbranched alkanes of at least 4 members (excludes halogenated alkanes) is 1. The normalized spacial score (nSPS) is 11.2. The largest absolute Gasteiger partial charge is 0.330 e. The van der Waals surface area contributed by atoms with E-state index in [1.165, 1.54) is 12.0 Å². The lowest BCUT2D eigenvalue weighted by Gasteiger charge is -2.19. The fourth-order valence-electron chi connectivity index (χ4n) is 1.75. The molecule has 1 heterocycles. The van der Waals surface area contributed by atoms with E-state index in [-0.39, 0.29) is 0 Å². The first-order valence-corrected chi connectivity index (χ1v) is 6.23. The van der Waals surface area contributed by atoms with Crippen molar-refractivity contribution in [2.75, 3.05) is 19.6 Å². The second-order valence-corrected chi connectivity index (χ2v) is 4.07. The van der Waals surface area contributed by atoms with E-state index in [0.717, 1.165) is 39.1 Å². The zero-order valence-corrected chi connectivity index (χ0v) is 10.5. The molecule has 0 saturated carbocycles. The van der Waals surface area contributed by atoms with E-state index in [1.54, 1.807) is 0 Å². The van der Waals surface area contributed by atoms with E-state index in [1.807, 2.05) is 10.9 Å². The third kappa shape index (κ3) is 4.33.